The van der Waals surface area contributed by atoms with Crippen molar-refractivity contribution in [2.24, 2.45) is 5.10 Å². The van der Waals surface area contributed by atoms with Gasteiger partial charge in [-0.1, -0.05) is 35.9 Å². The van der Waals surface area contributed by atoms with Gasteiger partial charge in [0, 0.05) is 0 Å². The standard InChI is InChI=1S/C16H16N2O2/c1-11-7-8-13(12(2)9-11)10-17-18-15-6-4-3-5-14(15)16(19)20/h3-10,18H,1-2H3,(H,19,20)/b17-10+. The molecule has 2 N–H and O–H groups in total. The highest BCUT2D eigenvalue weighted by Crippen LogP contribution is 2.15. The molecule has 4 nitrogen and oxygen atoms in total. The molecule has 0 bridgehead atoms. The molecule has 0 saturated heterocycles. The van der Waals surface area contributed by atoms with Crippen molar-refractivity contribution in [1.29, 1.82) is 0 Å². The first kappa shape index (κ1) is 13.8. The number of carboxylic acids is 1. The summed E-state index contributed by atoms with van der Waals surface area (Å²) in [4.78, 5) is 11.1. The van der Waals surface area contributed by atoms with Crippen LogP contribution in [0.3, 0.4) is 0 Å². The van der Waals surface area contributed by atoms with Crippen LogP contribution >= 0.6 is 0 Å². The molecule has 0 aliphatic rings. The number of anilines is 1. The maximum atomic E-state index is 11.1. The second-order valence-corrected chi connectivity index (χ2v) is 4.58. The molecule has 0 aliphatic carbocycles. The van der Waals surface area contributed by atoms with Crippen LogP contribution < -0.4 is 5.43 Å². The highest BCUT2D eigenvalue weighted by Gasteiger charge is 2.07. The van der Waals surface area contributed by atoms with Crippen LogP contribution in [-0.4, -0.2) is 17.3 Å². The summed E-state index contributed by atoms with van der Waals surface area (Å²) in [5.74, 6) is -0.977. The number of aryl methyl sites for hydroxylation is 2. The first-order valence-electron chi connectivity index (χ1n) is 6.26. The fourth-order valence-corrected chi connectivity index (χ4v) is 1.91. The topological polar surface area (TPSA) is 61.7 Å². The van der Waals surface area contributed by atoms with E-state index in [4.69, 9.17) is 5.11 Å². The molecule has 0 aliphatic heterocycles. The van der Waals surface area contributed by atoms with Crippen LogP contribution in [0.4, 0.5) is 5.69 Å². The second kappa shape index (κ2) is 6.02. The molecule has 2 aromatic carbocycles. The Morgan fingerprint density at radius 3 is 2.65 bits per heavy atom. The summed E-state index contributed by atoms with van der Waals surface area (Å²) in [5, 5.41) is 13.2. The van der Waals surface area contributed by atoms with Gasteiger partial charge >= 0.3 is 5.97 Å². The molecule has 2 aromatic rings. The molecule has 0 amide bonds. The van der Waals surface area contributed by atoms with Crippen LogP contribution in [0.2, 0.25) is 0 Å². The van der Waals surface area contributed by atoms with Crippen molar-refractivity contribution in [2.75, 3.05) is 5.43 Å². The van der Waals surface area contributed by atoms with Crippen molar-refractivity contribution in [2.45, 2.75) is 13.8 Å². The van der Waals surface area contributed by atoms with Crippen molar-refractivity contribution in [3.05, 3.63) is 64.7 Å². The molecule has 0 unspecified atom stereocenters. The second-order valence-electron chi connectivity index (χ2n) is 4.58. The third-order valence-corrected chi connectivity index (χ3v) is 2.97. The van der Waals surface area contributed by atoms with Crippen molar-refractivity contribution in [1.82, 2.24) is 0 Å². The van der Waals surface area contributed by atoms with Crippen LogP contribution in [0.25, 0.3) is 0 Å². The van der Waals surface area contributed by atoms with Gasteiger partial charge in [-0.25, -0.2) is 4.79 Å². The van der Waals surface area contributed by atoms with Gasteiger partial charge < -0.3 is 5.11 Å². The van der Waals surface area contributed by atoms with Crippen LogP contribution in [0.5, 0.6) is 0 Å². The summed E-state index contributed by atoms with van der Waals surface area (Å²) in [5.41, 5.74) is 6.77. The lowest BCUT2D eigenvalue weighted by Crippen LogP contribution is -2.02. The van der Waals surface area contributed by atoms with Gasteiger partial charge in [0.15, 0.2) is 0 Å². The molecule has 0 saturated carbocycles. The Labute approximate surface area is 117 Å². The monoisotopic (exact) mass is 268 g/mol. The molecule has 0 spiro atoms. The van der Waals surface area contributed by atoms with Crippen molar-refractivity contribution >= 4 is 17.9 Å². The summed E-state index contributed by atoms with van der Waals surface area (Å²) >= 11 is 0. The largest absolute Gasteiger partial charge is 0.478 e. The van der Waals surface area contributed by atoms with Gasteiger partial charge in [0.1, 0.15) is 0 Å². The third kappa shape index (κ3) is 3.23. The maximum absolute atomic E-state index is 11.1. The number of carboxylic acid groups (broad SMARTS) is 1. The zero-order valence-electron chi connectivity index (χ0n) is 11.4. The first-order chi connectivity index (χ1) is 9.58. The highest BCUT2D eigenvalue weighted by atomic mass is 16.4. The van der Waals surface area contributed by atoms with Gasteiger partial charge in [-0.3, -0.25) is 5.43 Å². The van der Waals surface area contributed by atoms with Gasteiger partial charge in [-0.2, -0.15) is 5.10 Å². The van der Waals surface area contributed by atoms with Gasteiger partial charge in [0.05, 0.1) is 17.5 Å². The molecule has 0 heterocycles. The lowest BCUT2D eigenvalue weighted by Gasteiger charge is -2.05. The van der Waals surface area contributed by atoms with E-state index in [0.29, 0.717) is 5.69 Å². The zero-order valence-corrected chi connectivity index (χ0v) is 11.4. The van der Waals surface area contributed by atoms with E-state index in [-0.39, 0.29) is 5.56 Å². The first-order valence-corrected chi connectivity index (χ1v) is 6.26. The molecule has 0 atom stereocenters. The molecule has 0 aromatic heterocycles. The molecule has 102 valence electrons. The summed E-state index contributed by atoms with van der Waals surface area (Å²) in [7, 11) is 0. The lowest BCUT2D eigenvalue weighted by molar-refractivity contribution is 0.0698. The predicted molar refractivity (Wildman–Crippen MR) is 80.5 cm³/mol. The van der Waals surface area contributed by atoms with Gasteiger partial charge in [0.2, 0.25) is 0 Å². The van der Waals surface area contributed by atoms with Gasteiger partial charge in [0.25, 0.3) is 0 Å². The van der Waals surface area contributed by atoms with E-state index in [0.717, 1.165) is 11.1 Å². The molecule has 4 heteroatoms. The minimum atomic E-state index is -0.977. The normalized spacial score (nSPS) is 10.7. The third-order valence-electron chi connectivity index (χ3n) is 2.97. The molecule has 0 radical (unpaired) electrons. The predicted octanol–water partition coefficient (Wildman–Crippen LogP) is 3.45. The quantitative estimate of drug-likeness (QED) is 0.659. The lowest BCUT2D eigenvalue weighted by atomic mass is 10.1. The van der Waals surface area contributed by atoms with E-state index < -0.39 is 5.97 Å². The fourth-order valence-electron chi connectivity index (χ4n) is 1.91. The van der Waals surface area contributed by atoms with E-state index in [1.807, 2.05) is 26.0 Å². The van der Waals surface area contributed by atoms with E-state index in [2.05, 4.69) is 16.6 Å². The highest BCUT2D eigenvalue weighted by molar-refractivity contribution is 5.94. The summed E-state index contributed by atoms with van der Waals surface area (Å²) in [6, 6.07) is 12.7. The number of hydrazone groups is 1. The average Bonchev–Trinajstić information content (AvgIpc) is 2.41. The maximum Gasteiger partial charge on any atom is 0.337 e. The van der Waals surface area contributed by atoms with E-state index in [9.17, 15) is 4.79 Å². The Bertz CT molecular complexity index is 663. The Balaban J connectivity index is 2.16. The Kier molecular flexibility index (Phi) is 4.15. The molecular weight excluding hydrogens is 252 g/mol. The zero-order chi connectivity index (χ0) is 14.5. The van der Waals surface area contributed by atoms with Crippen LogP contribution in [0.15, 0.2) is 47.6 Å². The summed E-state index contributed by atoms with van der Waals surface area (Å²) < 4.78 is 0. The molecular formula is C16H16N2O2. The number of benzene rings is 2. The van der Waals surface area contributed by atoms with Crippen molar-refractivity contribution < 1.29 is 9.90 Å². The minimum absolute atomic E-state index is 0.199. The number of aromatic carboxylic acids is 1. The van der Waals surface area contributed by atoms with Crippen LogP contribution in [0, 0.1) is 13.8 Å². The van der Waals surface area contributed by atoms with E-state index in [1.54, 1.807) is 24.4 Å². The number of nitrogens with one attached hydrogen (secondary N) is 1. The summed E-state index contributed by atoms with van der Waals surface area (Å²) in [6.45, 7) is 4.05. The average molecular weight is 268 g/mol. The van der Waals surface area contributed by atoms with Gasteiger partial charge in [-0.15, -0.1) is 0 Å². The number of carbonyl (C=O) groups is 1. The Morgan fingerprint density at radius 2 is 1.95 bits per heavy atom. The molecule has 2 rings (SSSR count). The van der Waals surface area contributed by atoms with Crippen molar-refractivity contribution in [3.8, 4) is 0 Å². The smallest absolute Gasteiger partial charge is 0.337 e. The Morgan fingerprint density at radius 1 is 1.20 bits per heavy atom. The van der Waals surface area contributed by atoms with Crippen molar-refractivity contribution in [3.63, 3.8) is 0 Å². The van der Waals surface area contributed by atoms with Crippen LogP contribution in [0.1, 0.15) is 27.0 Å². The molecule has 0 fully saturated rings. The van der Waals surface area contributed by atoms with E-state index in [1.165, 1.54) is 11.6 Å². The molecule has 20 heavy (non-hydrogen) atoms. The number of hydrogen-bond acceptors (Lipinski definition) is 3. The Hall–Kier alpha value is -2.62. The minimum Gasteiger partial charge on any atom is -0.478 e. The van der Waals surface area contributed by atoms with E-state index >= 15 is 0 Å². The summed E-state index contributed by atoms with van der Waals surface area (Å²) in [6.07, 6.45) is 1.69. The fraction of sp³-hybridized carbons (Fsp3) is 0.125. The number of nitrogens with zero attached hydrogens (tertiary/aromatic N) is 1. The van der Waals surface area contributed by atoms with Gasteiger partial charge in [-0.05, 0) is 37.1 Å². The SMILES string of the molecule is Cc1ccc(/C=N/Nc2ccccc2C(=O)O)c(C)c1. The number of rotatable bonds is 4. The van der Waals surface area contributed by atoms with Crippen LogP contribution in [-0.2, 0) is 0 Å². The number of hydrogen-bond donors (Lipinski definition) is 2. The number of para-hydroxylation sites is 1.